The Hall–Kier alpha value is -1.61. The molecule has 3 heteroatoms. The van der Waals surface area contributed by atoms with E-state index in [0.717, 1.165) is 28.5 Å². The highest BCUT2D eigenvalue weighted by atomic mass is 32.1. The van der Waals surface area contributed by atoms with E-state index >= 15 is 0 Å². The summed E-state index contributed by atoms with van der Waals surface area (Å²) in [4.78, 5) is 4.56. The van der Waals surface area contributed by atoms with Crippen LogP contribution in [0.2, 0.25) is 0 Å². The minimum atomic E-state index is 0.873. The Morgan fingerprint density at radius 2 is 2.06 bits per heavy atom. The van der Waals surface area contributed by atoms with E-state index in [1.54, 1.807) is 11.3 Å². The third kappa shape index (κ3) is 1.53. The van der Waals surface area contributed by atoms with Gasteiger partial charge in [0, 0.05) is 6.42 Å². The summed E-state index contributed by atoms with van der Waals surface area (Å²) in [7, 11) is 0. The molecule has 2 aromatic heterocycles. The molecule has 0 aliphatic carbocycles. The smallest absolute Gasteiger partial charge is 0.162 e. The zero-order chi connectivity index (χ0) is 11.0. The van der Waals surface area contributed by atoms with Crippen molar-refractivity contribution in [3.05, 3.63) is 42.2 Å². The molecule has 1 aromatic carbocycles. The molecule has 0 saturated heterocycles. The number of hydrogen-bond donors (Lipinski definition) is 0. The quantitative estimate of drug-likeness (QED) is 0.660. The van der Waals surface area contributed by atoms with Gasteiger partial charge in [-0.2, -0.15) is 0 Å². The predicted molar refractivity (Wildman–Crippen MR) is 66.7 cm³/mol. The summed E-state index contributed by atoms with van der Waals surface area (Å²) in [6.45, 7) is 2.08. The third-order valence-electron chi connectivity index (χ3n) is 2.51. The number of nitrogens with zero attached hydrogens (tertiary/aromatic N) is 1. The zero-order valence-corrected chi connectivity index (χ0v) is 9.75. The molecule has 0 radical (unpaired) electrons. The highest BCUT2D eigenvalue weighted by molar-refractivity contribution is 7.21. The molecule has 80 valence electrons. The maximum atomic E-state index is 5.70. The molecule has 0 atom stereocenters. The molecule has 0 spiro atoms. The molecule has 0 saturated carbocycles. The maximum Gasteiger partial charge on any atom is 0.162 e. The van der Waals surface area contributed by atoms with Gasteiger partial charge in [-0.3, -0.25) is 0 Å². The van der Waals surface area contributed by atoms with Crippen molar-refractivity contribution >= 4 is 21.6 Å². The van der Waals surface area contributed by atoms with E-state index < -0.39 is 0 Å². The Kier molecular flexibility index (Phi) is 2.26. The van der Waals surface area contributed by atoms with Crippen LogP contribution in [0.15, 0.2) is 40.8 Å². The number of aryl methyl sites for hydroxylation is 1. The van der Waals surface area contributed by atoms with Crippen LogP contribution in [0.5, 0.6) is 0 Å². The number of thiazole rings is 1. The average molecular weight is 229 g/mol. The summed E-state index contributed by atoms with van der Waals surface area (Å²) in [5.74, 6) is 1.88. The number of fused-ring (bicyclic) bond motifs is 1. The molecule has 2 nitrogen and oxygen atoms in total. The first kappa shape index (κ1) is 9.60. The Morgan fingerprint density at radius 1 is 1.19 bits per heavy atom. The van der Waals surface area contributed by atoms with Crippen molar-refractivity contribution in [1.29, 1.82) is 0 Å². The van der Waals surface area contributed by atoms with Crippen molar-refractivity contribution in [2.75, 3.05) is 0 Å². The fraction of sp³-hybridized carbons (Fsp3) is 0.154. The number of benzene rings is 1. The van der Waals surface area contributed by atoms with Gasteiger partial charge in [-0.15, -0.1) is 11.3 Å². The summed E-state index contributed by atoms with van der Waals surface area (Å²) in [5.41, 5.74) is 1.04. The lowest BCUT2D eigenvalue weighted by atomic mass is 10.3. The summed E-state index contributed by atoms with van der Waals surface area (Å²) in [6.07, 6.45) is 0.922. The molecule has 2 heterocycles. The van der Waals surface area contributed by atoms with E-state index in [2.05, 4.69) is 18.0 Å². The minimum Gasteiger partial charge on any atom is -0.459 e. The lowest BCUT2D eigenvalue weighted by molar-refractivity contribution is 0.529. The van der Waals surface area contributed by atoms with Crippen LogP contribution in [0.25, 0.3) is 21.0 Å². The van der Waals surface area contributed by atoms with Crippen LogP contribution in [0.1, 0.15) is 12.7 Å². The molecule has 0 N–H and O–H groups in total. The Morgan fingerprint density at radius 3 is 2.81 bits per heavy atom. The zero-order valence-electron chi connectivity index (χ0n) is 8.93. The summed E-state index contributed by atoms with van der Waals surface area (Å²) >= 11 is 1.67. The normalized spacial score (nSPS) is 11.1. The van der Waals surface area contributed by atoms with Crippen LogP contribution >= 0.6 is 11.3 Å². The SMILES string of the molecule is CCc1ccc(-c2nc3ccccc3s2)o1. The number of hydrogen-bond acceptors (Lipinski definition) is 3. The topological polar surface area (TPSA) is 26.0 Å². The molecule has 0 aliphatic rings. The molecule has 0 bridgehead atoms. The van der Waals surface area contributed by atoms with Gasteiger partial charge in [-0.05, 0) is 24.3 Å². The largest absolute Gasteiger partial charge is 0.459 e. The van der Waals surface area contributed by atoms with Crippen LogP contribution in [0, 0.1) is 0 Å². The highest BCUT2D eigenvalue weighted by Crippen LogP contribution is 2.30. The van der Waals surface area contributed by atoms with E-state index in [-0.39, 0.29) is 0 Å². The van der Waals surface area contributed by atoms with E-state index in [0.29, 0.717) is 0 Å². The Labute approximate surface area is 97.6 Å². The monoisotopic (exact) mass is 229 g/mol. The first-order chi connectivity index (χ1) is 7.86. The number of aromatic nitrogens is 1. The molecule has 0 fully saturated rings. The van der Waals surface area contributed by atoms with Gasteiger partial charge in [-0.1, -0.05) is 19.1 Å². The summed E-state index contributed by atoms with van der Waals surface area (Å²) < 4.78 is 6.90. The van der Waals surface area contributed by atoms with Gasteiger partial charge in [0.15, 0.2) is 10.8 Å². The number of rotatable bonds is 2. The van der Waals surface area contributed by atoms with Crippen molar-refractivity contribution in [2.45, 2.75) is 13.3 Å². The molecular weight excluding hydrogens is 218 g/mol. The second-order valence-electron chi connectivity index (χ2n) is 3.61. The lowest BCUT2D eigenvalue weighted by Gasteiger charge is -1.88. The molecule has 0 amide bonds. The predicted octanol–water partition coefficient (Wildman–Crippen LogP) is 4.12. The molecule has 16 heavy (non-hydrogen) atoms. The van der Waals surface area contributed by atoms with Gasteiger partial charge in [-0.25, -0.2) is 4.98 Å². The highest BCUT2D eigenvalue weighted by Gasteiger charge is 2.09. The Balaban J connectivity index is 2.11. The molecular formula is C13H11NOS. The molecule has 0 unspecified atom stereocenters. The first-order valence-electron chi connectivity index (χ1n) is 5.31. The van der Waals surface area contributed by atoms with Gasteiger partial charge in [0.2, 0.25) is 0 Å². The van der Waals surface area contributed by atoms with E-state index in [9.17, 15) is 0 Å². The Bertz CT molecular complexity index is 590. The lowest BCUT2D eigenvalue weighted by Crippen LogP contribution is -1.71. The van der Waals surface area contributed by atoms with Gasteiger partial charge in [0.25, 0.3) is 0 Å². The van der Waals surface area contributed by atoms with Crippen LogP contribution in [-0.4, -0.2) is 4.98 Å². The van der Waals surface area contributed by atoms with E-state index in [1.807, 2.05) is 30.3 Å². The van der Waals surface area contributed by atoms with Crippen molar-refractivity contribution < 1.29 is 4.42 Å². The van der Waals surface area contributed by atoms with E-state index in [1.165, 1.54) is 4.70 Å². The fourth-order valence-corrected chi connectivity index (χ4v) is 2.59. The molecule has 0 aliphatic heterocycles. The van der Waals surface area contributed by atoms with Gasteiger partial charge in [0.05, 0.1) is 10.2 Å². The second kappa shape index (κ2) is 3.76. The summed E-state index contributed by atoms with van der Waals surface area (Å²) in [6, 6.07) is 12.2. The van der Waals surface area contributed by atoms with Gasteiger partial charge < -0.3 is 4.42 Å². The minimum absolute atomic E-state index is 0.873. The van der Waals surface area contributed by atoms with Crippen LogP contribution in [0.4, 0.5) is 0 Å². The fourth-order valence-electron chi connectivity index (χ4n) is 1.66. The van der Waals surface area contributed by atoms with Gasteiger partial charge >= 0.3 is 0 Å². The standard InChI is InChI=1S/C13H11NOS/c1-2-9-7-8-11(15-9)13-14-10-5-3-4-6-12(10)16-13/h3-8H,2H2,1H3. The van der Waals surface area contributed by atoms with E-state index in [4.69, 9.17) is 4.42 Å². The van der Waals surface area contributed by atoms with Crippen molar-refractivity contribution in [3.63, 3.8) is 0 Å². The first-order valence-corrected chi connectivity index (χ1v) is 6.13. The van der Waals surface area contributed by atoms with Crippen LogP contribution < -0.4 is 0 Å². The van der Waals surface area contributed by atoms with Crippen molar-refractivity contribution in [2.24, 2.45) is 0 Å². The third-order valence-corrected chi connectivity index (χ3v) is 3.57. The summed E-state index contributed by atoms with van der Waals surface area (Å²) in [5, 5.41) is 0.959. The molecule has 3 aromatic rings. The van der Waals surface area contributed by atoms with Crippen LogP contribution in [0.3, 0.4) is 0 Å². The van der Waals surface area contributed by atoms with Crippen molar-refractivity contribution in [1.82, 2.24) is 4.98 Å². The molecule has 3 rings (SSSR count). The second-order valence-corrected chi connectivity index (χ2v) is 4.64. The van der Waals surface area contributed by atoms with Gasteiger partial charge in [0.1, 0.15) is 5.76 Å². The number of para-hydroxylation sites is 1. The van der Waals surface area contributed by atoms with Crippen molar-refractivity contribution in [3.8, 4) is 10.8 Å². The maximum absolute atomic E-state index is 5.70. The van der Waals surface area contributed by atoms with Crippen LogP contribution in [-0.2, 0) is 6.42 Å². The average Bonchev–Trinajstić information content (AvgIpc) is 2.95. The number of furan rings is 1.